The lowest BCUT2D eigenvalue weighted by Crippen LogP contribution is -2.17. The van der Waals surface area contributed by atoms with Crippen molar-refractivity contribution in [3.63, 3.8) is 0 Å². The van der Waals surface area contributed by atoms with Crippen LogP contribution in [0.25, 0.3) is 11.1 Å². The van der Waals surface area contributed by atoms with E-state index in [0.717, 1.165) is 43.7 Å². The maximum atomic E-state index is 14.2. The van der Waals surface area contributed by atoms with E-state index < -0.39 is 23.3 Å². The summed E-state index contributed by atoms with van der Waals surface area (Å²) in [6.45, 7) is 1.85. The maximum Gasteiger partial charge on any atom is 0.388 e. The van der Waals surface area contributed by atoms with Gasteiger partial charge in [-0.05, 0) is 96.4 Å². The smallest absolute Gasteiger partial charge is 0.310 e. The van der Waals surface area contributed by atoms with Crippen LogP contribution in [0.5, 0.6) is 0 Å². The van der Waals surface area contributed by atoms with Gasteiger partial charge in [0.1, 0.15) is 0 Å². The van der Waals surface area contributed by atoms with Crippen LogP contribution in [-0.2, 0) is 17.0 Å². The molecule has 2 nitrogen and oxygen atoms in total. The fourth-order valence-corrected chi connectivity index (χ4v) is 4.69. The average molecular weight is 607 g/mol. The van der Waals surface area contributed by atoms with Crippen molar-refractivity contribution < 1.29 is 22.3 Å². The number of benzene rings is 4. The zero-order valence-corrected chi connectivity index (χ0v) is 21.4. The Morgan fingerprint density at radius 2 is 1.14 bits per heavy atom. The number of anilines is 3. The molecule has 0 aromatic heterocycles. The normalized spacial score (nSPS) is 15.6. The van der Waals surface area contributed by atoms with E-state index in [9.17, 15) is 17.6 Å². The Balaban J connectivity index is 1.65. The highest BCUT2D eigenvalue weighted by molar-refractivity contribution is 9.10. The van der Waals surface area contributed by atoms with Crippen molar-refractivity contribution in [1.82, 2.24) is 0 Å². The molecule has 0 fully saturated rings. The minimum Gasteiger partial charge on any atom is -0.310 e. The highest BCUT2D eigenvalue weighted by Gasteiger charge is 2.57. The van der Waals surface area contributed by atoms with Gasteiger partial charge in [0, 0.05) is 26.0 Å². The summed E-state index contributed by atoms with van der Waals surface area (Å²) in [6.07, 6.45) is -8.10. The van der Waals surface area contributed by atoms with Crippen LogP contribution in [0.3, 0.4) is 0 Å². The number of nitrogens with zero attached hydrogens (tertiary/aromatic N) is 1. The summed E-state index contributed by atoms with van der Waals surface area (Å²) < 4.78 is 61.9. The van der Waals surface area contributed by atoms with Gasteiger partial charge in [-0.1, -0.05) is 44.0 Å². The molecule has 0 unspecified atom stereocenters. The van der Waals surface area contributed by atoms with Crippen LogP contribution < -0.4 is 4.90 Å². The molecule has 8 heteroatoms. The molecular weight excluding hydrogens is 590 g/mol. The molecule has 0 saturated carbocycles. The number of rotatable bonds is 4. The van der Waals surface area contributed by atoms with E-state index in [2.05, 4.69) is 36.6 Å². The lowest BCUT2D eigenvalue weighted by atomic mass is 9.95. The summed E-state index contributed by atoms with van der Waals surface area (Å²) in [5.41, 5.74) is 2.79. The minimum absolute atomic E-state index is 0.399. The van der Waals surface area contributed by atoms with Crippen LogP contribution in [0.1, 0.15) is 16.7 Å². The molecule has 1 aliphatic heterocycles. The number of hydrogen-bond acceptors (Lipinski definition) is 2. The second kappa shape index (κ2) is 8.76. The van der Waals surface area contributed by atoms with Crippen molar-refractivity contribution in [1.29, 1.82) is 0 Å². The molecule has 0 saturated heterocycles. The Morgan fingerprint density at radius 3 is 1.71 bits per heavy atom. The summed E-state index contributed by atoms with van der Waals surface area (Å²) in [7, 11) is 0. The fourth-order valence-electron chi connectivity index (χ4n) is 4.16. The summed E-state index contributed by atoms with van der Waals surface area (Å²) >= 11 is 6.92. The van der Waals surface area contributed by atoms with E-state index >= 15 is 0 Å². The van der Waals surface area contributed by atoms with Crippen molar-refractivity contribution in [3.05, 3.63) is 111 Å². The van der Waals surface area contributed by atoms with Gasteiger partial charge in [-0.25, -0.2) is 4.74 Å². The summed E-state index contributed by atoms with van der Waals surface area (Å²) in [4.78, 5) is 2.03. The second-order valence-corrected chi connectivity index (χ2v) is 10.0. The minimum atomic E-state index is -4.07. The van der Waals surface area contributed by atoms with Crippen molar-refractivity contribution in [2.45, 2.75) is 19.1 Å². The van der Waals surface area contributed by atoms with Gasteiger partial charge in [-0.15, -0.1) is 0 Å². The van der Waals surface area contributed by atoms with Crippen LogP contribution in [0, 0.1) is 6.92 Å². The summed E-state index contributed by atoms with van der Waals surface area (Å²) in [6, 6.07) is 24.8. The average Bonchev–Trinajstić information content (AvgIpc) is 3.00. The van der Waals surface area contributed by atoms with Gasteiger partial charge >= 0.3 is 12.2 Å². The Kier molecular flexibility index (Phi) is 6.02. The number of alkyl halides is 4. The lowest BCUT2D eigenvalue weighted by molar-refractivity contribution is -0.369. The first-order valence-electron chi connectivity index (χ1n) is 10.6. The van der Waals surface area contributed by atoms with E-state index in [0.29, 0.717) is 11.1 Å². The van der Waals surface area contributed by atoms with Gasteiger partial charge in [0.2, 0.25) is 0 Å². The topological polar surface area (TPSA) is 12.5 Å². The summed E-state index contributed by atoms with van der Waals surface area (Å²) in [5.74, 6) is 0. The Bertz CT molecular complexity index is 1360. The molecule has 0 radical (unpaired) electrons. The van der Waals surface area contributed by atoms with Crippen molar-refractivity contribution in [2.24, 2.45) is 0 Å². The van der Waals surface area contributed by atoms with Crippen LogP contribution >= 0.6 is 31.9 Å². The standard InChI is InChI=1S/C27H17Br2F4NO/c1-16-2-8-22(34(20-9-4-18(28)5-10-20)21-11-6-19(29)7-12-21)15-23(16)17-3-13-24-25(14-17)27(32,33)35-26(24,30)31/h2-15H,1H3. The molecular formula is C27H17Br2F4NO. The fraction of sp³-hybridized carbons (Fsp3) is 0.111. The van der Waals surface area contributed by atoms with Crippen LogP contribution in [0.2, 0.25) is 0 Å². The predicted molar refractivity (Wildman–Crippen MR) is 136 cm³/mol. The van der Waals surface area contributed by atoms with Gasteiger partial charge in [0.05, 0.1) is 11.1 Å². The third kappa shape index (κ3) is 4.50. The van der Waals surface area contributed by atoms with Gasteiger partial charge in [-0.3, -0.25) is 0 Å². The van der Waals surface area contributed by atoms with Crippen molar-refractivity contribution >= 4 is 48.9 Å². The van der Waals surface area contributed by atoms with E-state index in [1.807, 2.05) is 78.6 Å². The van der Waals surface area contributed by atoms with E-state index in [1.165, 1.54) is 6.07 Å². The largest absolute Gasteiger partial charge is 0.388 e. The first-order valence-corrected chi connectivity index (χ1v) is 12.2. The van der Waals surface area contributed by atoms with Crippen molar-refractivity contribution in [2.75, 3.05) is 4.90 Å². The molecule has 4 aromatic carbocycles. The molecule has 0 bridgehead atoms. The molecule has 178 valence electrons. The third-order valence-corrected chi connectivity index (χ3v) is 6.92. The van der Waals surface area contributed by atoms with Crippen molar-refractivity contribution in [3.8, 4) is 11.1 Å². The van der Waals surface area contributed by atoms with Crippen LogP contribution in [0.15, 0.2) is 93.9 Å². The molecule has 0 amide bonds. The Morgan fingerprint density at radius 1 is 0.629 bits per heavy atom. The zero-order valence-electron chi connectivity index (χ0n) is 18.2. The molecule has 0 atom stereocenters. The van der Waals surface area contributed by atoms with Gasteiger partial charge in [0.25, 0.3) is 0 Å². The zero-order chi connectivity index (χ0) is 25.0. The molecule has 1 aliphatic rings. The number of halogens is 6. The first kappa shape index (κ1) is 24.0. The predicted octanol–water partition coefficient (Wildman–Crippen LogP) is 9.79. The molecule has 0 aliphatic carbocycles. The SMILES string of the molecule is Cc1ccc(N(c2ccc(Br)cc2)c2ccc(Br)cc2)cc1-c1ccc2c(c1)C(F)(F)OC2(F)F. The highest BCUT2D eigenvalue weighted by Crippen LogP contribution is 2.52. The number of ether oxygens (including phenoxy) is 1. The Labute approximate surface area is 216 Å². The third-order valence-electron chi connectivity index (χ3n) is 5.86. The first-order chi connectivity index (χ1) is 16.5. The van der Waals surface area contributed by atoms with E-state index in [-0.39, 0.29) is 0 Å². The molecule has 35 heavy (non-hydrogen) atoms. The molecule has 0 spiro atoms. The quantitative estimate of drug-likeness (QED) is 0.214. The van der Waals surface area contributed by atoms with E-state index in [4.69, 9.17) is 0 Å². The molecule has 1 heterocycles. The number of aryl methyl sites for hydroxylation is 1. The Hall–Kier alpha value is -2.68. The summed E-state index contributed by atoms with van der Waals surface area (Å²) in [5, 5.41) is 0. The maximum absolute atomic E-state index is 14.2. The van der Waals surface area contributed by atoms with Gasteiger partial charge < -0.3 is 4.90 Å². The highest BCUT2D eigenvalue weighted by atomic mass is 79.9. The van der Waals surface area contributed by atoms with Crippen LogP contribution in [-0.4, -0.2) is 0 Å². The number of fused-ring (bicyclic) bond motifs is 1. The van der Waals surface area contributed by atoms with Gasteiger partial charge in [-0.2, -0.15) is 17.6 Å². The number of hydrogen-bond donors (Lipinski definition) is 0. The monoisotopic (exact) mass is 605 g/mol. The lowest BCUT2D eigenvalue weighted by Gasteiger charge is -2.26. The molecule has 4 aromatic rings. The van der Waals surface area contributed by atoms with Crippen LogP contribution in [0.4, 0.5) is 34.6 Å². The van der Waals surface area contributed by atoms with Gasteiger partial charge in [0.15, 0.2) is 0 Å². The van der Waals surface area contributed by atoms with E-state index in [1.54, 1.807) is 0 Å². The molecule has 5 rings (SSSR count). The second-order valence-electron chi connectivity index (χ2n) is 8.18. The molecule has 0 N–H and O–H groups in total.